The maximum atomic E-state index is 11.1. The Labute approximate surface area is 102 Å². The van der Waals surface area contributed by atoms with Gasteiger partial charge in [-0.05, 0) is 18.2 Å². The molecule has 6 heteroatoms. The Morgan fingerprint density at radius 2 is 1.83 bits per heavy atom. The summed E-state index contributed by atoms with van der Waals surface area (Å²) in [4.78, 5) is 29.5. The second-order valence-corrected chi connectivity index (χ2v) is 3.44. The van der Waals surface area contributed by atoms with E-state index in [1.54, 1.807) is 18.2 Å². The van der Waals surface area contributed by atoms with Crippen LogP contribution in [0.3, 0.4) is 0 Å². The molecule has 0 saturated carbocycles. The summed E-state index contributed by atoms with van der Waals surface area (Å²) in [6.45, 7) is 0. The molecule has 2 N–H and O–H groups in total. The van der Waals surface area contributed by atoms with Crippen LogP contribution in [-0.2, 0) is 0 Å². The molecule has 0 radical (unpaired) electrons. The molecule has 0 amide bonds. The van der Waals surface area contributed by atoms with Gasteiger partial charge in [0.1, 0.15) is 5.69 Å². The van der Waals surface area contributed by atoms with E-state index in [1.807, 2.05) is 0 Å². The van der Waals surface area contributed by atoms with Crippen LogP contribution in [-0.4, -0.2) is 32.1 Å². The minimum Gasteiger partial charge on any atom is -0.478 e. The van der Waals surface area contributed by atoms with Crippen LogP contribution in [0, 0.1) is 0 Å². The van der Waals surface area contributed by atoms with Gasteiger partial charge in [0.25, 0.3) is 0 Å². The van der Waals surface area contributed by atoms with Crippen LogP contribution in [0.5, 0.6) is 0 Å². The summed E-state index contributed by atoms with van der Waals surface area (Å²) in [6.07, 6.45) is 2.53. The van der Waals surface area contributed by atoms with E-state index < -0.39 is 11.9 Å². The van der Waals surface area contributed by atoms with Crippen molar-refractivity contribution < 1.29 is 19.8 Å². The molecule has 0 spiro atoms. The number of aromatic nitrogens is 2. The largest absolute Gasteiger partial charge is 0.478 e. The Balaban J connectivity index is 2.65. The number of carboxylic acids is 2. The first-order valence-corrected chi connectivity index (χ1v) is 4.97. The maximum absolute atomic E-state index is 11.1. The Morgan fingerprint density at radius 1 is 1.06 bits per heavy atom. The molecule has 18 heavy (non-hydrogen) atoms. The van der Waals surface area contributed by atoms with Gasteiger partial charge in [-0.25, -0.2) is 14.6 Å². The minimum atomic E-state index is -1.22. The molecule has 0 aliphatic rings. The zero-order chi connectivity index (χ0) is 13.1. The normalized spacial score (nSPS) is 10.0. The third-order valence-corrected chi connectivity index (χ3v) is 2.29. The van der Waals surface area contributed by atoms with E-state index in [0.717, 1.165) is 6.20 Å². The molecule has 0 aromatic carbocycles. The van der Waals surface area contributed by atoms with Crippen molar-refractivity contribution in [1.82, 2.24) is 9.97 Å². The average Bonchev–Trinajstić information content (AvgIpc) is 2.39. The van der Waals surface area contributed by atoms with Gasteiger partial charge in [0, 0.05) is 18.0 Å². The van der Waals surface area contributed by atoms with Gasteiger partial charge in [-0.2, -0.15) is 0 Å². The molecule has 6 nitrogen and oxygen atoms in total. The number of hydrogen-bond acceptors (Lipinski definition) is 4. The lowest BCUT2D eigenvalue weighted by Crippen LogP contribution is -2.06. The molecule has 2 aromatic heterocycles. The van der Waals surface area contributed by atoms with Gasteiger partial charge in [0.2, 0.25) is 0 Å². The SMILES string of the molecule is O=C(O)c1cc(-c2ccccn2)c(C(=O)O)cn1. The highest BCUT2D eigenvalue weighted by Gasteiger charge is 2.16. The van der Waals surface area contributed by atoms with Crippen LogP contribution >= 0.6 is 0 Å². The summed E-state index contributed by atoms with van der Waals surface area (Å²) < 4.78 is 0. The predicted molar refractivity (Wildman–Crippen MR) is 61.4 cm³/mol. The molecule has 0 unspecified atom stereocenters. The Hall–Kier alpha value is -2.76. The monoisotopic (exact) mass is 244 g/mol. The molecular formula is C12H8N2O4. The van der Waals surface area contributed by atoms with E-state index in [9.17, 15) is 9.59 Å². The molecule has 0 aliphatic carbocycles. The molecule has 2 heterocycles. The summed E-state index contributed by atoms with van der Waals surface area (Å²) in [5, 5.41) is 17.9. The lowest BCUT2D eigenvalue weighted by Gasteiger charge is -2.05. The van der Waals surface area contributed by atoms with Crippen molar-refractivity contribution in [1.29, 1.82) is 0 Å². The fourth-order valence-corrected chi connectivity index (χ4v) is 1.48. The van der Waals surface area contributed by atoms with Gasteiger partial charge in [0.05, 0.1) is 11.3 Å². The summed E-state index contributed by atoms with van der Waals surface area (Å²) >= 11 is 0. The van der Waals surface area contributed by atoms with Gasteiger partial charge in [0.15, 0.2) is 0 Å². The van der Waals surface area contributed by atoms with Gasteiger partial charge in [-0.3, -0.25) is 4.98 Å². The number of aromatic carboxylic acids is 2. The zero-order valence-corrected chi connectivity index (χ0v) is 9.07. The molecule has 2 aromatic rings. The van der Waals surface area contributed by atoms with Crippen LogP contribution in [0.15, 0.2) is 36.7 Å². The molecule has 0 aliphatic heterocycles. The highest BCUT2D eigenvalue weighted by Crippen LogP contribution is 2.22. The number of carbonyl (C=O) groups is 2. The molecule has 0 bridgehead atoms. The van der Waals surface area contributed by atoms with Crippen molar-refractivity contribution >= 4 is 11.9 Å². The Kier molecular flexibility index (Phi) is 3.01. The first-order valence-electron chi connectivity index (χ1n) is 4.97. The predicted octanol–water partition coefficient (Wildman–Crippen LogP) is 1.54. The van der Waals surface area contributed by atoms with Crippen LogP contribution in [0.2, 0.25) is 0 Å². The third-order valence-electron chi connectivity index (χ3n) is 2.29. The fraction of sp³-hybridized carbons (Fsp3) is 0. The summed E-state index contributed by atoms with van der Waals surface area (Å²) in [7, 11) is 0. The van der Waals surface area contributed by atoms with E-state index in [-0.39, 0.29) is 16.8 Å². The lowest BCUT2D eigenvalue weighted by atomic mass is 10.1. The van der Waals surface area contributed by atoms with Gasteiger partial charge >= 0.3 is 11.9 Å². The molecule has 0 atom stereocenters. The van der Waals surface area contributed by atoms with Crippen LogP contribution in [0.1, 0.15) is 20.8 Å². The first kappa shape index (κ1) is 11.7. The minimum absolute atomic E-state index is 0.0845. The summed E-state index contributed by atoms with van der Waals surface area (Å²) in [6, 6.07) is 6.18. The number of pyridine rings is 2. The van der Waals surface area contributed by atoms with Gasteiger partial charge in [-0.15, -0.1) is 0 Å². The van der Waals surface area contributed by atoms with Gasteiger partial charge in [-0.1, -0.05) is 6.07 Å². The van der Waals surface area contributed by atoms with Crippen LogP contribution in [0.4, 0.5) is 0 Å². The van der Waals surface area contributed by atoms with E-state index in [2.05, 4.69) is 9.97 Å². The number of nitrogens with zero attached hydrogens (tertiary/aromatic N) is 2. The maximum Gasteiger partial charge on any atom is 0.354 e. The number of carboxylic acid groups (broad SMARTS) is 2. The average molecular weight is 244 g/mol. The van der Waals surface area contributed by atoms with Crippen molar-refractivity contribution in [2.75, 3.05) is 0 Å². The number of hydrogen-bond donors (Lipinski definition) is 2. The van der Waals surface area contributed by atoms with E-state index in [4.69, 9.17) is 10.2 Å². The third kappa shape index (κ3) is 2.17. The van der Waals surface area contributed by atoms with Crippen LogP contribution < -0.4 is 0 Å². The zero-order valence-electron chi connectivity index (χ0n) is 9.07. The summed E-state index contributed by atoms with van der Waals surface area (Å²) in [5.41, 5.74) is 0.314. The smallest absolute Gasteiger partial charge is 0.354 e. The summed E-state index contributed by atoms with van der Waals surface area (Å²) in [5.74, 6) is -2.40. The Bertz CT molecular complexity index is 611. The highest BCUT2D eigenvalue weighted by atomic mass is 16.4. The molecule has 90 valence electrons. The Morgan fingerprint density at radius 3 is 2.39 bits per heavy atom. The standard InChI is InChI=1S/C12H8N2O4/c15-11(16)8-6-14-10(12(17)18)5-7(8)9-3-1-2-4-13-9/h1-6H,(H,15,16)(H,17,18). The van der Waals surface area contributed by atoms with Crippen molar-refractivity contribution in [2.24, 2.45) is 0 Å². The highest BCUT2D eigenvalue weighted by molar-refractivity contribution is 5.97. The second kappa shape index (κ2) is 4.62. The lowest BCUT2D eigenvalue weighted by molar-refractivity contribution is 0.0676. The van der Waals surface area contributed by atoms with Gasteiger partial charge < -0.3 is 10.2 Å². The number of rotatable bonds is 3. The molecular weight excluding hydrogens is 236 g/mol. The van der Waals surface area contributed by atoms with Crippen molar-refractivity contribution in [3.8, 4) is 11.3 Å². The van der Waals surface area contributed by atoms with E-state index >= 15 is 0 Å². The van der Waals surface area contributed by atoms with Crippen molar-refractivity contribution in [3.05, 3.63) is 47.9 Å². The molecule has 0 saturated heterocycles. The van der Waals surface area contributed by atoms with Crippen molar-refractivity contribution in [3.63, 3.8) is 0 Å². The molecule has 0 fully saturated rings. The molecule has 2 rings (SSSR count). The first-order chi connectivity index (χ1) is 8.59. The van der Waals surface area contributed by atoms with E-state index in [0.29, 0.717) is 5.69 Å². The fourth-order valence-electron chi connectivity index (χ4n) is 1.48. The topological polar surface area (TPSA) is 100 Å². The van der Waals surface area contributed by atoms with E-state index in [1.165, 1.54) is 12.3 Å². The quantitative estimate of drug-likeness (QED) is 0.849. The second-order valence-electron chi connectivity index (χ2n) is 3.44. The van der Waals surface area contributed by atoms with Crippen LogP contribution in [0.25, 0.3) is 11.3 Å². The van der Waals surface area contributed by atoms with Crippen molar-refractivity contribution in [2.45, 2.75) is 0 Å².